The van der Waals surface area contributed by atoms with Crippen molar-refractivity contribution in [3.05, 3.63) is 23.0 Å². The number of Topliss-reactive ketones (excluding diaryl/α,β-unsaturated/α-hetero) is 1. The molecule has 4 nitrogen and oxygen atoms in total. The van der Waals surface area contributed by atoms with Crippen LogP contribution in [0.4, 0.5) is 0 Å². The number of aryl methyl sites for hydroxylation is 1. The molecule has 1 aliphatic heterocycles. The van der Waals surface area contributed by atoms with Crippen LogP contribution in [0.5, 0.6) is 0 Å². The van der Waals surface area contributed by atoms with Gasteiger partial charge in [-0.15, -0.1) is 0 Å². The Labute approximate surface area is 122 Å². The molecule has 2 heterocycles. The van der Waals surface area contributed by atoms with E-state index in [0.717, 1.165) is 23.5 Å². The van der Waals surface area contributed by atoms with E-state index >= 15 is 0 Å². The van der Waals surface area contributed by atoms with Crippen LogP contribution in [0.1, 0.15) is 34.6 Å². The lowest BCUT2D eigenvalue weighted by Crippen LogP contribution is -2.46. The van der Waals surface area contributed by atoms with E-state index in [1.165, 1.54) is 19.4 Å². The van der Waals surface area contributed by atoms with Crippen LogP contribution >= 0.6 is 0 Å². The van der Waals surface area contributed by atoms with E-state index in [0.29, 0.717) is 12.6 Å². The lowest BCUT2D eigenvalue weighted by Gasteiger charge is -2.35. The molecule has 0 spiro atoms. The molecule has 20 heavy (non-hydrogen) atoms. The highest BCUT2D eigenvalue weighted by Crippen LogP contribution is 2.17. The van der Waals surface area contributed by atoms with Crippen molar-refractivity contribution in [2.45, 2.75) is 32.7 Å². The van der Waals surface area contributed by atoms with Gasteiger partial charge in [-0.2, -0.15) is 0 Å². The molecule has 4 heteroatoms. The number of rotatable bonds is 4. The average Bonchev–Trinajstić information content (AvgIpc) is 2.66. The van der Waals surface area contributed by atoms with Crippen LogP contribution in [0.25, 0.3) is 0 Å². The Kier molecular flexibility index (Phi) is 4.66. The zero-order chi connectivity index (χ0) is 14.9. The summed E-state index contributed by atoms with van der Waals surface area (Å²) in [6.07, 6.45) is 2.42. The first-order valence-electron chi connectivity index (χ1n) is 7.45. The Morgan fingerprint density at radius 3 is 2.65 bits per heavy atom. The van der Waals surface area contributed by atoms with Crippen LogP contribution < -0.4 is 0 Å². The lowest BCUT2D eigenvalue weighted by molar-refractivity contribution is 0.0857. The van der Waals surface area contributed by atoms with Crippen molar-refractivity contribution in [3.8, 4) is 0 Å². The molecule has 0 saturated carbocycles. The number of likely N-dealkylation sites (N-methyl/N-ethyl adjacent to an activating group) is 2. The summed E-state index contributed by atoms with van der Waals surface area (Å²) >= 11 is 0. The minimum Gasteiger partial charge on any atom is -0.351 e. The van der Waals surface area contributed by atoms with Gasteiger partial charge in [0.25, 0.3) is 0 Å². The van der Waals surface area contributed by atoms with Crippen molar-refractivity contribution in [3.63, 3.8) is 0 Å². The number of carbonyl (C=O) groups is 1. The van der Waals surface area contributed by atoms with Crippen LogP contribution in [0.15, 0.2) is 6.07 Å². The molecule has 2 rings (SSSR count). The smallest absolute Gasteiger partial charge is 0.178 e. The summed E-state index contributed by atoms with van der Waals surface area (Å²) in [5, 5.41) is 0. The van der Waals surface area contributed by atoms with Gasteiger partial charge in [0.1, 0.15) is 0 Å². The molecule has 0 amide bonds. The molecule has 0 aromatic carbocycles. The second-order valence-electron chi connectivity index (χ2n) is 6.24. The molecule has 1 aliphatic rings. The summed E-state index contributed by atoms with van der Waals surface area (Å²) in [4.78, 5) is 17.1. The second-order valence-corrected chi connectivity index (χ2v) is 6.24. The third kappa shape index (κ3) is 3.13. The van der Waals surface area contributed by atoms with E-state index in [1.807, 2.05) is 27.0 Å². The molecule has 1 fully saturated rings. The Morgan fingerprint density at radius 2 is 2.10 bits per heavy atom. The highest BCUT2D eigenvalue weighted by Gasteiger charge is 2.24. The fraction of sp³-hybridized carbons (Fsp3) is 0.688. The third-order valence-corrected chi connectivity index (χ3v) is 4.69. The quantitative estimate of drug-likeness (QED) is 0.786. The first-order chi connectivity index (χ1) is 9.40. The largest absolute Gasteiger partial charge is 0.351 e. The van der Waals surface area contributed by atoms with Crippen molar-refractivity contribution in [1.82, 2.24) is 14.4 Å². The third-order valence-electron chi connectivity index (χ3n) is 4.69. The summed E-state index contributed by atoms with van der Waals surface area (Å²) < 4.78 is 2.08. The number of carbonyl (C=O) groups excluding carboxylic acids is 1. The van der Waals surface area contributed by atoms with Gasteiger partial charge in [-0.25, -0.2) is 0 Å². The van der Waals surface area contributed by atoms with Crippen molar-refractivity contribution >= 4 is 5.78 Å². The fourth-order valence-corrected chi connectivity index (χ4v) is 3.08. The predicted molar refractivity (Wildman–Crippen MR) is 82.4 cm³/mol. The van der Waals surface area contributed by atoms with E-state index in [9.17, 15) is 4.79 Å². The molecule has 112 valence electrons. The van der Waals surface area contributed by atoms with Gasteiger partial charge in [-0.1, -0.05) is 0 Å². The maximum Gasteiger partial charge on any atom is 0.178 e. The molecule has 1 atom stereocenters. The first kappa shape index (κ1) is 15.3. The monoisotopic (exact) mass is 277 g/mol. The second kappa shape index (κ2) is 6.10. The van der Waals surface area contributed by atoms with Crippen LogP contribution in [-0.2, 0) is 7.05 Å². The maximum atomic E-state index is 12.5. The molecule has 0 N–H and O–H groups in total. The molecule has 1 aromatic rings. The van der Waals surface area contributed by atoms with Crippen LogP contribution in [0, 0.1) is 13.8 Å². The van der Waals surface area contributed by atoms with Crippen LogP contribution in [0.3, 0.4) is 0 Å². The normalized spacial score (nSPS) is 20.6. The average molecular weight is 277 g/mol. The molecule has 1 aromatic heterocycles. The van der Waals surface area contributed by atoms with Crippen molar-refractivity contribution in [1.29, 1.82) is 0 Å². The number of likely N-dealkylation sites (tertiary alicyclic amines) is 1. The zero-order valence-electron chi connectivity index (χ0n) is 13.4. The Balaban J connectivity index is 2.01. The van der Waals surface area contributed by atoms with Gasteiger partial charge in [0, 0.05) is 36.6 Å². The highest BCUT2D eigenvalue weighted by molar-refractivity contribution is 5.99. The summed E-state index contributed by atoms with van der Waals surface area (Å²) in [5.74, 6) is 0.238. The first-order valence-corrected chi connectivity index (χ1v) is 7.45. The summed E-state index contributed by atoms with van der Waals surface area (Å²) in [7, 11) is 6.25. The van der Waals surface area contributed by atoms with Gasteiger partial charge in [0.2, 0.25) is 0 Å². The van der Waals surface area contributed by atoms with Crippen molar-refractivity contribution in [2.75, 3.05) is 33.7 Å². The molecular weight excluding hydrogens is 250 g/mol. The van der Waals surface area contributed by atoms with Crippen molar-refractivity contribution < 1.29 is 4.79 Å². The zero-order valence-corrected chi connectivity index (χ0v) is 13.4. The standard InChI is InChI=1S/C16H27N3O/c1-12-9-15(13(2)19(12)5)16(20)11-18(4)14-7-6-8-17(3)10-14/h9,14H,6-8,10-11H2,1-5H3. The van der Waals surface area contributed by atoms with Gasteiger partial charge in [0.05, 0.1) is 6.54 Å². The molecule has 1 unspecified atom stereocenters. The molecule has 0 aliphatic carbocycles. The van der Waals surface area contributed by atoms with Gasteiger partial charge >= 0.3 is 0 Å². The number of ketones is 1. The SMILES string of the molecule is Cc1cc(C(=O)CN(C)C2CCCN(C)C2)c(C)n1C. The Hall–Kier alpha value is -1.13. The van der Waals surface area contributed by atoms with Crippen LogP contribution in [0.2, 0.25) is 0 Å². The molecule has 0 bridgehead atoms. The van der Waals surface area contributed by atoms with E-state index in [4.69, 9.17) is 0 Å². The molecular formula is C16H27N3O. The Bertz CT molecular complexity index is 492. The van der Waals surface area contributed by atoms with Crippen molar-refractivity contribution in [2.24, 2.45) is 7.05 Å². The summed E-state index contributed by atoms with van der Waals surface area (Å²) in [5.41, 5.74) is 3.09. The maximum absolute atomic E-state index is 12.5. The number of hydrogen-bond acceptors (Lipinski definition) is 3. The number of piperidine rings is 1. The minimum absolute atomic E-state index is 0.238. The van der Waals surface area contributed by atoms with Gasteiger partial charge < -0.3 is 9.47 Å². The fourth-order valence-electron chi connectivity index (χ4n) is 3.08. The summed E-state index contributed by atoms with van der Waals surface area (Å²) in [6, 6.07) is 2.52. The van der Waals surface area contributed by atoms with E-state index < -0.39 is 0 Å². The number of aromatic nitrogens is 1. The van der Waals surface area contributed by atoms with Gasteiger partial charge in [0.15, 0.2) is 5.78 Å². The van der Waals surface area contributed by atoms with E-state index in [2.05, 4.69) is 28.5 Å². The minimum atomic E-state index is 0.238. The lowest BCUT2D eigenvalue weighted by atomic mass is 10.0. The van der Waals surface area contributed by atoms with E-state index in [-0.39, 0.29) is 5.78 Å². The topological polar surface area (TPSA) is 28.5 Å². The highest BCUT2D eigenvalue weighted by atomic mass is 16.1. The molecule has 0 radical (unpaired) electrons. The van der Waals surface area contributed by atoms with Gasteiger partial charge in [-0.3, -0.25) is 9.69 Å². The number of hydrogen-bond donors (Lipinski definition) is 0. The molecule has 1 saturated heterocycles. The number of nitrogens with zero attached hydrogens (tertiary/aromatic N) is 3. The van der Waals surface area contributed by atoms with Crippen LogP contribution in [-0.4, -0.2) is 59.9 Å². The summed E-state index contributed by atoms with van der Waals surface area (Å²) in [6.45, 7) is 6.83. The Morgan fingerprint density at radius 1 is 1.40 bits per heavy atom. The van der Waals surface area contributed by atoms with Gasteiger partial charge in [-0.05, 0) is 53.4 Å². The predicted octanol–water partition coefficient (Wildman–Crippen LogP) is 1.85. The van der Waals surface area contributed by atoms with E-state index in [1.54, 1.807) is 0 Å².